The van der Waals surface area contributed by atoms with Crippen molar-refractivity contribution in [1.82, 2.24) is 29.9 Å². The molecule has 2 N–H and O–H groups in total. The van der Waals surface area contributed by atoms with Gasteiger partial charge in [0.05, 0.1) is 45.2 Å². The quantitative estimate of drug-likeness (QED) is 0.231. The second-order valence-corrected chi connectivity index (χ2v) is 11.0. The lowest BCUT2D eigenvalue weighted by molar-refractivity contribution is 0.0357. The monoisotopic (exact) mass is 579 g/mol. The molecule has 3 aromatic carbocycles. The Balaban J connectivity index is 1.19. The maximum Gasteiger partial charge on any atom is 0.162 e. The summed E-state index contributed by atoms with van der Waals surface area (Å²) in [5.41, 5.74) is 13.3. The van der Waals surface area contributed by atoms with Crippen molar-refractivity contribution in [3.8, 4) is 34.1 Å². The molecule has 0 saturated carbocycles. The first-order chi connectivity index (χ1) is 20.9. The molecular formula is C33H37N7O3. The minimum atomic E-state index is 0.380. The van der Waals surface area contributed by atoms with Gasteiger partial charge in [0.2, 0.25) is 0 Å². The molecule has 10 heteroatoms. The lowest BCUT2D eigenvalue weighted by Crippen LogP contribution is -2.37. The first kappa shape index (κ1) is 28.6. The topological polar surface area (TPSA) is 113 Å². The van der Waals surface area contributed by atoms with E-state index in [4.69, 9.17) is 24.9 Å². The van der Waals surface area contributed by atoms with E-state index in [0.717, 1.165) is 61.5 Å². The predicted molar refractivity (Wildman–Crippen MR) is 167 cm³/mol. The molecular weight excluding hydrogens is 542 g/mol. The summed E-state index contributed by atoms with van der Waals surface area (Å²) in [7, 11) is 1.63. The van der Waals surface area contributed by atoms with Crippen LogP contribution >= 0.6 is 0 Å². The molecule has 6 rings (SSSR count). The van der Waals surface area contributed by atoms with Crippen LogP contribution in [-0.2, 0) is 11.3 Å². The number of nitrogens with zero attached hydrogens (tertiary/aromatic N) is 6. The molecule has 1 saturated heterocycles. The summed E-state index contributed by atoms with van der Waals surface area (Å²) in [5.74, 6) is 2.14. The summed E-state index contributed by atoms with van der Waals surface area (Å²) in [6.07, 6.45) is 2.86. The Kier molecular flexibility index (Phi) is 8.48. The summed E-state index contributed by atoms with van der Waals surface area (Å²) in [4.78, 5) is 11.9. The Morgan fingerprint density at radius 1 is 0.930 bits per heavy atom. The van der Waals surface area contributed by atoms with Crippen LogP contribution in [0, 0.1) is 13.8 Å². The van der Waals surface area contributed by atoms with Crippen LogP contribution in [0.15, 0.2) is 60.8 Å². The highest BCUT2D eigenvalue weighted by molar-refractivity contribution is 5.92. The maximum absolute atomic E-state index is 6.46. The third kappa shape index (κ3) is 6.76. The average molecular weight is 580 g/mol. The van der Waals surface area contributed by atoms with Crippen molar-refractivity contribution in [3.63, 3.8) is 0 Å². The Labute approximate surface area is 251 Å². The fraction of sp³-hybridized carbons (Fsp3) is 0.333. The van der Waals surface area contributed by atoms with Crippen molar-refractivity contribution in [3.05, 3.63) is 77.5 Å². The predicted octanol–water partition coefficient (Wildman–Crippen LogP) is 4.91. The van der Waals surface area contributed by atoms with Crippen LogP contribution in [0.1, 0.15) is 23.1 Å². The Bertz CT molecular complexity index is 1710. The molecule has 0 bridgehead atoms. The molecule has 222 valence electrons. The van der Waals surface area contributed by atoms with Gasteiger partial charge in [-0.05, 0) is 38.0 Å². The second-order valence-electron chi connectivity index (χ2n) is 11.0. The number of aryl methyl sites for hydroxylation is 2. The Morgan fingerprint density at radius 3 is 2.51 bits per heavy atom. The van der Waals surface area contributed by atoms with Crippen molar-refractivity contribution in [2.24, 2.45) is 0 Å². The van der Waals surface area contributed by atoms with E-state index < -0.39 is 0 Å². The molecule has 2 aromatic heterocycles. The number of anilines is 1. The normalized spacial score (nSPS) is 13.8. The average Bonchev–Trinajstić information content (AvgIpc) is 3.47. The van der Waals surface area contributed by atoms with E-state index in [2.05, 4.69) is 52.2 Å². The lowest BCUT2D eigenvalue weighted by atomic mass is 10.1. The minimum Gasteiger partial charge on any atom is -0.493 e. The van der Waals surface area contributed by atoms with Crippen LogP contribution < -0.4 is 15.2 Å². The smallest absolute Gasteiger partial charge is 0.162 e. The van der Waals surface area contributed by atoms with E-state index >= 15 is 0 Å². The number of rotatable bonds is 10. The SMILES string of the molecule is COc1cc2nc(-c3cccc(-c4cn(Cc5cc(C)cc(C)c5)nn4)c3)nc(N)c2cc1OCCCN1CCOCC1. The Morgan fingerprint density at radius 2 is 1.72 bits per heavy atom. The highest BCUT2D eigenvalue weighted by Crippen LogP contribution is 2.35. The molecule has 43 heavy (non-hydrogen) atoms. The number of fused-ring (bicyclic) bond motifs is 1. The van der Waals surface area contributed by atoms with E-state index in [9.17, 15) is 0 Å². The largest absolute Gasteiger partial charge is 0.493 e. The molecule has 1 aliphatic rings. The molecule has 0 unspecified atom stereocenters. The molecule has 1 aliphatic heterocycles. The van der Waals surface area contributed by atoms with Gasteiger partial charge in [-0.1, -0.05) is 52.7 Å². The molecule has 0 radical (unpaired) electrons. The first-order valence-corrected chi connectivity index (χ1v) is 14.6. The first-order valence-electron chi connectivity index (χ1n) is 14.6. The van der Waals surface area contributed by atoms with Gasteiger partial charge in [-0.25, -0.2) is 14.6 Å². The molecule has 10 nitrogen and oxygen atoms in total. The number of morpholine rings is 1. The summed E-state index contributed by atoms with van der Waals surface area (Å²) >= 11 is 0. The van der Waals surface area contributed by atoms with Gasteiger partial charge in [-0.2, -0.15) is 0 Å². The maximum atomic E-state index is 6.46. The van der Waals surface area contributed by atoms with Gasteiger partial charge >= 0.3 is 0 Å². The van der Waals surface area contributed by atoms with Crippen LogP contribution in [0.4, 0.5) is 5.82 Å². The fourth-order valence-corrected chi connectivity index (χ4v) is 5.53. The fourth-order valence-electron chi connectivity index (χ4n) is 5.53. The van der Waals surface area contributed by atoms with Gasteiger partial charge in [0.1, 0.15) is 11.5 Å². The third-order valence-electron chi connectivity index (χ3n) is 7.57. The highest BCUT2D eigenvalue weighted by atomic mass is 16.5. The number of nitrogens with two attached hydrogens (primary N) is 1. The summed E-state index contributed by atoms with van der Waals surface area (Å²) in [6.45, 7) is 9.92. The van der Waals surface area contributed by atoms with Crippen molar-refractivity contribution in [1.29, 1.82) is 0 Å². The zero-order valence-electron chi connectivity index (χ0n) is 24.9. The molecule has 0 amide bonds. The summed E-state index contributed by atoms with van der Waals surface area (Å²) in [6, 6.07) is 18.2. The van der Waals surface area contributed by atoms with Crippen molar-refractivity contribution < 1.29 is 14.2 Å². The van der Waals surface area contributed by atoms with Gasteiger partial charge in [-0.15, -0.1) is 5.10 Å². The van der Waals surface area contributed by atoms with Gasteiger partial charge < -0.3 is 19.9 Å². The third-order valence-corrected chi connectivity index (χ3v) is 7.57. The lowest BCUT2D eigenvalue weighted by Gasteiger charge is -2.26. The van der Waals surface area contributed by atoms with E-state index in [1.165, 1.54) is 16.7 Å². The minimum absolute atomic E-state index is 0.380. The van der Waals surface area contributed by atoms with Gasteiger partial charge in [0, 0.05) is 42.2 Å². The molecule has 0 aliphatic carbocycles. The number of nitrogen functional groups attached to an aromatic ring is 1. The second kappa shape index (κ2) is 12.8. The zero-order chi connectivity index (χ0) is 29.8. The number of aromatic nitrogens is 5. The molecule has 1 fully saturated rings. The number of methoxy groups -OCH3 is 1. The van der Waals surface area contributed by atoms with Crippen LogP contribution in [-0.4, -0.2) is 76.4 Å². The van der Waals surface area contributed by atoms with Crippen LogP contribution in [0.25, 0.3) is 33.5 Å². The number of hydrogen-bond donors (Lipinski definition) is 1. The zero-order valence-corrected chi connectivity index (χ0v) is 24.9. The summed E-state index contributed by atoms with van der Waals surface area (Å²) < 4.78 is 19.0. The Hall–Kier alpha value is -4.54. The van der Waals surface area contributed by atoms with E-state index in [1.807, 2.05) is 47.3 Å². The van der Waals surface area contributed by atoms with Crippen LogP contribution in [0.5, 0.6) is 11.5 Å². The van der Waals surface area contributed by atoms with E-state index in [-0.39, 0.29) is 0 Å². The highest BCUT2D eigenvalue weighted by Gasteiger charge is 2.15. The van der Waals surface area contributed by atoms with Crippen LogP contribution in [0.3, 0.4) is 0 Å². The van der Waals surface area contributed by atoms with E-state index in [1.54, 1.807) is 7.11 Å². The molecule has 5 aromatic rings. The molecule has 0 spiro atoms. The van der Waals surface area contributed by atoms with E-state index in [0.29, 0.717) is 41.8 Å². The number of ether oxygens (including phenoxy) is 3. The van der Waals surface area contributed by atoms with Gasteiger partial charge in [0.25, 0.3) is 0 Å². The van der Waals surface area contributed by atoms with Crippen molar-refractivity contribution >= 4 is 16.7 Å². The standard InChI is InChI=1S/C33H37N7O3/c1-22-14-23(2)16-24(15-22)20-40-21-29(37-38-40)25-6-4-7-26(17-25)33-35-28-19-30(41-3)31(18-27(28)32(34)36-33)43-11-5-8-39-9-12-42-13-10-39/h4,6-7,14-19,21H,5,8-13,20H2,1-3H3,(H2,34,35,36). The number of benzene rings is 3. The van der Waals surface area contributed by atoms with Crippen molar-refractivity contribution in [2.45, 2.75) is 26.8 Å². The van der Waals surface area contributed by atoms with Crippen LogP contribution in [0.2, 0.25) is 0 Å². The molecule has 3 heterocycles. The van der Waals surface area contributed by atoms with Gasteiger partial charge in [0.15, 0.2) is 17.3 Å². The van der Waals surface area contributed by atoms with Crippen molar-refractivity contribution in [2.75, 3.05) is 52.3 Å². The number of hydrogen-bond acceptors (Lipinski definition) is 9. The van der Waals surface area contributed by atoms with Gasteiger partial charge in [-0.3, -0.25) is 4.90 Å². The summed E-state index contributed by atoms with van der Waals surface area (Å²) in [5, 5.41) is 9.51. The molecule has 0 atom stereocenters.